The van der Waals surface area contributed by atoms with E-state index in [1.165, 1.54) is 5.56 Å². The van der Waals surface area contributed by atoms with E-state index >= 15 is 0 Å². The molecular formula is C11H15N3O. The second kappa shape index (κ2) is 5.94. The fourth-order valence-electron chi connectivity index (χ4n) is 1.32. The first-order chi connectivity index (χ1) is 7.24. The van der Waals surface area contributed by atoms with E-state index < -0.39 is 0 Å². The molecular weight excluding hydrogens is 190 g/mol. The average molecular weight is 205 g/mol. The summed E-state index contributed by atoms with van der Waals surface area (Å²) in [5.74, 6) is 0.904. The molecule has 0 amide bonds. The molecule has 0 unspecified atom stereocenters. The fraction of sp³-hybridized carbons (Fsp3) is 0.455. The normalized spacial score (nSPS) is 9.47. The summed E-state index contributed by atoms with van der Waals surface area (Å²) < 4.78 is 5.56. The minimum atomic E-state index is 0.488. The SMILES string of the molecule is Cc1ccc(OCCCN=[N+]=[N-])c(C)c1. The van der Waals surface area contributed by atoms with E-state index in [0.717, 1.165) is 17.7 Å². The van der Waals surface area contributed by atoms with Crippen LogP contribution in [0, 0.1) is 13.8 Å². The number of ether oxygens (including phenoxy) is 1. The molecule has 0 saturated heterocycles. The summed E-state index contributed by atoms with van der Waals surface area (Å²) in [5, 5.41) is 3.44. The van der Waals surface area contributed by atoms with Gasteiger partial charge in [0.25, 0.3) is 0 Å². The van der Waals surface area contributed by atoms with E-state index in [1.807, 2.05) is 19.1 Å². The quantitative estimate of drug-likeness (QED) is 0.314. The minimum Gasteiger partial charge on any atom is -0.493 e. The molecule has 0 radical (unpaired) electrons. The van der Waals surface area contributed by atoms with Gasteiger partial charge < -0.3 is 4.74 Å². The van der Waals surface area contributed by atoms with E-state index in [1.54, 1.807) is 0 Å². The summed E-state index contributed by atoms with van der Waals surface area (Å²) in [6.45, 7) is 5.15. The van der Waals surface area contributed by atoms with Crippen LogP contribution in [0.3, 0.4) is 0 Å². The molecule has 0 fully saturated rings. The maximum Gasteiger partial charge on any atom is 0.122 e. The zero-order chi connectivity index (χ0) is 11.1. The first kappa shape index (κ1) is 11.4. The van der Waals surface area contributed by atoms with Gasteiger partial charge in [0.05, 0.1) is 6.61 Å². The van der Waals surface area contributed by atoms with Crippen LogP contribution in [0.15, 0.2) is 23.3 Å². The van der Waals surface area contributed by atoms with Crippen molar-refractivity contribution in [3.63, 3.8) is 0 Å². The maximum absolute atomic E-state index is 8.07. The van der Waals surface area contributed by atoms with Gasteiger partial charge in [0.2, 0.25) is 0 Å². The van der Waals surface area contributed by atoms with Gasteiger partial charge in [-0.2, -0.15) is 0 Å². The largest absolute Gasteiger partial charge is 0.493 e. The molecule has 0 aliphatic carbocycles. The third kappa shape index (κ3) is 3.92. The lowest BCUT2D eigenvalue weighted by atomic mass is 10.1. The van der Waals surface area contributed by atoms with E-state index in [4.69, 9.17) is 10.3 Å². The third-order valence-corrected chi connectivity index (χ3v) is 2.05. The number of benzene rings is 1. The molecule has 0 bridgehead atoms. The van der Waals surface area contributed by atoms with Crippen LogP contribution < -0.4 is 4.74 Å². The monoisotopic (exact) mass is 205 g/mol. The van der Waals surface area contributed by atoms with Gasteiger partial charge in [-0.05, 0) is 37.4 Å². The van der Waals surface area contributed by atoms with Crippen LogP contribution in [0.25, 0.3) is 10.4 Å². The summed E-state index contributed by atoms with van der Waals surface area (Å²) in [5.41, 5.74) is 10.4. The Bertz CT molecular complexity index is 370. The van der Waals surface area contributed by atoms with Crippen molar-refractivity contribution in [2.75, 3.05) is 13.2 Å². The van der Waals surface area contributed by atoms with Crippen LogP contribution in [-0.2, 0) is 0 Å². The molecule has 0 saturated carbocycles. The minimum absolute atomic E-state index is 0.488. The molecule has 80 valence electrons. The lowest BCUT2D eigenvalue weighted by molar-refractivity contribution is 0.311. The van der Waals surface area contributed by atoms with Crippen LogP contribution >= 0.6 is 0 Å². The highest BCUT2D eigenvalue weighted by Gasteiger charge is 1.98. The Morgan fingerprint density at radius 2 is 2.20 bits per heavy atom. The number of aryl methyl sites for hydroxylation is 2. The molecule has 1 aromatic carbocycles. The number of hydrogen-bond donors (Lipinski definition) is 0. The Labute approximate surface area is 89.5 Å². The Morgan fingerprint density at radius 3 is 2.87 bits per heavy atom. The van der Waals surface area contributed by atoms with Gasteiger partial charge in [0.15, 0.2) is 0 Å². The summed E-state index contributed by atoms with van der Waals surface area (Å²) in [7, 11) is 0. The lowest BCUT2D eigenvalue weighted by Crippen LogP contribution is -2.00. The van der Waals surface area contributed by atoms with Crippen molar-refractivity contribution < 1.29 is 4.74 Å². The van der Waals surface area contributed by atoms with Crippen LogP contribution in [0.1, 0.15) is 17.5 Å². The predicted octanol–water partition coefficient (Wildman–Crippen LogP) is 3.38. The zero-order valence-corrected chi connectivity index (χ0v) is 9.10. The van der Waals surface area contributed by atoms with Crippen molar-refractivity contribution >= 4 is 0 Å². The van der Waals surface area contributed by atoms with Crippen LogP contribution in [0.4, 0.5) is 0 Å². The summed E-state index contributed by atoms with van der Waals surface area (Å²) in [6, 6.07) is 6.08. The van der Waals surface area contributed by atoms with E-state index in [9.17, 15) is 0 Å². The van der Waals surface area contributed by atoms with Crippen molar-refractivity contribution in [2.45, 2.75) is 20.3 Å². The Hall–Kier alpha value is -1.67. The van der Waals surface area contributed by atoms with Gasteiger partial charge in [-0.15, -0.1) is 0 Å². The van der Waals surface area contributed by atoms with Gasteiger partial charge in [-0.25, -0.2) is 0 Å². The molecule has 15 heavy (non-hydrogen) atoms. The topological polar surface area (TPSA) is 58.0 Å². The molecule has 4 heteroatoms. The fourth-order valence-corrected chi connectivity index (χ4v) is 1.32. The molecule has 0 aliphatic rings. The van der Waals surface area contributed by atoms with Crippen molar-refractivity contribution in [3.05, 3.63) is 39.8 Å². The Balaban J connectivity index is 2.40. The summed E-state index contributed by atoms with van der Waals surface area (Å²) >= 11 is 0. The number of rotatable bonds is 5. The number of nitrogens with zero attached hydrogens (tertiary/aromatic N) is 3. The van der Waals surface area contributed by atoms with E-state index in [0.29, 0.717) is 13.2 Å². The van der Waals surface area contributed by atoms with Gasteiger partial charge >= 0.3 is 0 Å². The standard InChI is InChI=1S/C11H15N3O/c1-9-4-5-11(10(2)8-9)15-7-3-6-13-14-12/h4-5,8H,3,6-7H2,1-2H3. The highest BCUT2D eigenvalue weighted by molar-refractivity contribution is 5.35. The highest BCUT2D eigenvalue weighted by atomic mass is 16.5. The number of azide groups is 1. The first-order valence-corrected chi connectivity index (χ1v) is 4.95. The molecule has 0 atom stereocenters. The molecule has 4 nitrogen and oxygen atoms in total. The van der Waals surface area contributed by atoms with Crippen LogP contribution in [-0.4, -0.2) is 13.2 Å². The Morgan fingerprint density at radius 1 is 1.40 bits per heavy atom. The summed E-state index contributed by atoms with van der Waals surface area (Å²) in [6.07, 6.45) is 0.747. The van der Waals surface area contributed by atoms with Crippen molar-refractivity contribution in [3.8, 4) is 5.75 Å². The van der Waals surface area contributed by atoms with Gasteiger partial charge in [-0.3, -0.25) is 0 Å². The summed E-state index contributed by atoms with van der Waals surface area (Å²) in [4.78, 5) is 2.68. The second-order valence-corrected chi connectivity index (χ2v) is 3.43. The molecule has 1 aromatic rings. The third-order valence-electron chi connectivity index (χ3n) is 2.05. The molecule has 0 aliphatic heterocycles. The molecule has 0 heterocycles. The molecule has 0 N–H and O–H groups in total. The van der Waals surface area contributed by atoms with Gasteiger partial charge in [-0.1, -0.05) is 22.8 Å². The zero-order valence-electron chi connectivity index (χ0n) is 9.10. The highest BCUT2D eigenvalue weighted by Crippen LogP contribution is 2.18. The van der Waals surface area contributed by atoms with Crippen LogP contribution in [0.5, 0.6) is 5.75 Å². The van der Waals surface area contributed by atoms with E-state index in [2.05, 4.69) is 23.0 Å². The number of hydrogen-bond acceptors (Lipinski definition) is 2. The molecule has 0 aromatic heterocycles. The first-order valence-electron chi connectivity index (χ1n) is 4.95. The molecule has 1 rings (SSSR count). The lowest BCUT2D eigenvalue weighted by Gasteiger charge is -2.08. The van der Waals surface area contributed by atoms with E-state index in [-0.39, 0.29) is 0 Å². The van der Waals surface area contributed by atoms with Crippen molar-refractivity contribution in [1.82, 2.24) is 0 Å². The van der Waals surface area contributed by atoms with Gasteiger partial charge in [0.1, 0.15) is 5.75 Å². The second-order valence-electron chi connectivity index (χ2n) is 3.43. The average Bonchev–Trinajstić information content (AvgIpc) is 2.20. The predicted molar refractivity (Wildman–Crippen MR) is 60.0 cm³/mol. The smallest absolute Gasteiger partial charge is 0.122 e. The van der Waals surface area contributed by atoms with Gasteiger partial charge in [0, 0.05) is 11.5 Å². The van der Waals surface area contributed by atoms with Crippen molar-refractivity contribution in [2.24, 2.45) is 5.11 Å². The maximum atomic E-state index is 8.07. The van der Waals surface area contributed by atoms with Crippen molar-refractivity contribution in [1.29, 1.82) is 0 Å². The van der Waals surface area contributed by atoms with Crippen LogP contribution in [0.2, 0.25) is 0 Å². The molecule has 0 spiro atoms. The Kier molecular flexibility index (Phi) is 4.51.